The minimum atomic E-state index is -3.14. The van der Waals surface area contributed by atoms with Gasteiger partial charge in [0.2, 0.25) is 15.9 Å². The molecule has 33 heavy (non-hydrogen) atoms. The Hall–Kier alpha value is -2.40. The quantitative estimate of drug-likeness (QED) is 0.493. The highest BCUT2D eigenvalue weighted by atomic mass is 32.2. The van der Waals surface area contributed by atoms with Gasteiger partial charge < -0.3 is 10.2 Å². The second-order valence-electron chi connectivity index (χ2n) is 7.90. The predicted octanol–water partition coefficient (Wildman–Crippen LogP) is 3.93. The van der Waals surface area contributed by atoms with Crippen molar-refractivity contribution in [3.05, 3.63) is 59.5 Å². The van der Waals surface area contributed by atoms with Crippen LogP contribution in [-0.4, -0.2) is 61.8 Å². The molecule has 0 aliphatic carbocycles. The maximum atomic E-state index is 12.4. The van der Waals surface area contributed by atoms with Crippen molar-refractivity contribution in [1.29, 1.82) is 0 Å². The van der Waals surface area contributed by atoms with Gasteiger partial charge in [0.05, 0.1) is 17.7 Å². The number of hydrogen-bond acceptors (Lipinski definition) is 7. The number of aryl methyl sites for hydroxylation is 1. The van der Waals surface area contributed by atoms with Crippen molar-refractivity contribution < 1.29 is 13.2 Å². The van der Waals surface area contributed by atoms with Crippen LogP contribution in [0.4, 0.5) is 11.4 Å². The number of aromatic nitrogens is 1. The minimum Gasteiger partial charge on any atom is -0.369 e. The van der Waals surface area contributed by atoms with Crippen LogP contribution < -0.4 is 10.2 Å². The first-order chi connectivity index (χ1) is 15.8. The normalized spacial score (nSPS) is 14.9. The molecule has 3 aromatic rings. The molecule has 0 atom stereocenters. The summed E-state index contributed by atoms with van der Waals surface area (Å²) in [5, 5.41) is 4.94. The van der Waals surface area contributed by atoms with Crippen molar-refractivity contribution in [2.45, 2.75) is 11.3 Å². The zero-order chi connectivity index (χ0) is 23.4. The Bertz CT molecular complexity index is 1200. The third-order valence-electron chi connectivity index (χ3n) is 5.38. The largest absolute Gasteiger partial charge is 0.369 e. The van der Waals surface area contributed by atoms with Crippen molar-refractivity contribution in [1.82, 2.24) is 9.29 Å². The number of sulfonamides is 1. The van der Waals surface area contributed by atoms with Crippen molar-refractivity contribution in [3.8, 4) is 11.3 Å². The molecule has 1 saturated heterocycles. The molecule has 7 nitrogen and oxygen atoms in total. The number of thiazole rings is 1. The van der Waals surface area contributed by atoms with E-state index < -0.39 is 10.0 Å². The van der Waals surface area contributed by atoms with Gasteiger partial charge in [0, 0.05) is 48.5 Å². The molecule has 0 bridgehead atoms. The van der Waals surface area contributed by atoms with Crippen molar-refractivity contribution in [3.63, 3.8) is 0 Å². The summed E-state index contributed by atoms with van der Waals surface area (Å²) in [6, 6.07) is 15.9. The molecule has 4 rings (SSSR count). The summed E-state index contributed by atoms with van der Waals surface area (Å²) < 4.78 is 25.7. The van der Waals surface area contributed by atoms with Crippen molar-refractivity contribution in [2.75, 3.05) is 48.4 Å². The van der Waals surface area contributed by atoms with E-state index in [9.17, 15) is 13.2 Å². The van der Waals surface area contributed by atoms with Crippen molar-refractivity contribution in [2.24, 2.45) is 0 Å². The molecule has 1 fully saturated rings. The summed E-state index contributed by atoms with van der Waals surface area (Å²) >= 11 is 2.97. The van der Waals surface area contributed by atoms with Crippen LogP contribution in [-0.2, 0) is 14.8 Å². The third-order valence-corrected chi connectivity index (χ3v) is 8.71. The average Bonchev–Trinajstić information content (AvgIpc) is 3.27. The Morgan fingerprint density at radius 2 is 1.73 bits per heavy atom. The molecule has 1 N–H and O–H groups in total. The third kappa shape index (κ3) is 6.35. The van der Waals surface area contributed by atoms with E-state index in [1.165, 1.54) is 27.9 Å². The Labute approximate surface area is 202 Å². The highest BCUT2D eigenvalue weighted by molar-refractivity contribution is 8.01. The molecular formula is C23H26N4O3S3. The lowest BCUT2D eigenvalue weighted by atomic mass is 10.1. The van der Waals surface area contributed by atoms with E-state index in [0.29, 0.717) is 26.2 Å². The van der Waals surface area contributed by atoms with Crippen molar-refractivity contribution >= 4 is 50.4 Å². The Morgan fingerprint density at radius 1 is 1.06 bits per heavy atom. The molecule has 10 heteroatoms. The van der Waals surface area contributed by atoms with E-state index in [0.717, 1.165) is 27.0 Å². The van der Waals surface area contributed by atoms with Crippen LogP contribution in [0.2, 0.25) is 0 Å². The summed E-state index contributed by atoms with van der Waals surface area (Å²) in [6.45, 7) is 4.32. The first kappa shape index (κ1) is 23.7. The number of nitrogens with zero attached hydrogens (tertiary/aromatic N) is 3. The van der Waals surface area contributed by atoms with Crippen LogP contribution in [0.25, 0.3) is 11.3 Å². The van der Waals surface area contributed by atoms with Crippen LogP contribution >= 0.6 is 23.1 Å². The zero-order valence-electron chi connectivity index (χ0n) is 18.5. The second kappa shape index (κ2) is 10.3. The van der Waals surface area contributed by atoms with E-state index in [1.807, 2.05) is 29.6 Å². The fourth-order valence-corrected chi connectivity index (χ4v) is 6.00. The number of piperazine rings is 1. The summed E-state index contributed by atoms with van der Waals surface area (Å²) in [5.74, 6) is 0.206. The van der Waals surface area contributed by atoms with Crippen LogP contribution in [0.5, 0.6) is 0 Å². The van der Waals surface area contributed by atoms with Gasteiger partial charge in [-0.15, -0.1) is 11.3 Å². The fourth-order valence-electron chi connectivity index (χ4n) is 3.54. The molecule has 0 unspecified atom stereocenters. The standard InChI is InChI=1S/C23H26N4O3S3/c1-17-3-5-18(6-4-17)21-15-31-23(25-21)32-16-22(28)24-19-7-9-20(10-8-19)26-11-13-27(14-12-26)33(2,29)30/h3-10,15H,11-14,16H2,1-2H3,(H,24,28). The van der Waals surface area contributed by atoms with E-state index in [1.54, 1.807) is 11.3 Å². The molecule has 174 valence electrons. The Balaban J connectivity index is 1.26. The summed E-state index contributed by atoms with van der Waals surface area (Å²) in [4.78, 5) is 19.2. The number of hydrogen-bond donors (Lipinski definition) is 1. The number of nitrogens with one attached hydrogen (secondary N) is 1. The van der Waals surface area contributed by atoms with Gasteiger partial charge in [-0.2, -0.15) is 4.31 Å². The van der Waals surface area contributed by atoms with Crippen LogP contribution in [0.1, 0.15) is 5.56 Å². The molecule has 0 spiro atoms. The van der Waals surface area contributed by atoms with Gasteiger partial charge >= 0.3 is 0 Å². The van der Waals surface area contributed by atoms with Crippen LogP contribution in [0.15, 0.2) is 58.3 Å². The van der Waals surface area contributed by atoms with Gasteiger partial charge in [-0.3, -0.25) is 4.79 Å². The summed E-state index contributed by atoms with van der Waals surface area (Å²) in [7, 11) is -3.14. The lowest BCUT2D eigenvalue weighted by Gasteiger charge is -2.34. The molecular weight excluding hydrogens is 476 g/mol. The number of carbonyl (C=O) groups excluding carboxylic acids is 1. The zero-order valence-corrected chi connectivity index (χ0v) is 21.0. The molecule has 1 aliphatic rings. The SMILES string of the molecule is Cc1ccc(-c2csc(SCC(=O)Nc3ccc(N4CCN(S(C)(=O)=O)CC4)cc3)n2)cc1. The number of anilines is 2. The predicted molar refractivity (Wildman–Crippen MR) is 137 cm³/mol. The monoisotopic (exact) mass is 502 g/mol. The number of carbonyl (C=O) groups is 1. The number of rotatable bonds is 7. The first-order valence-corrected chi connectivity index (χ1v) is 14.2. The van der Waals surface area contributed by atoms with Crippen LogP contribution in [0.3, 0.4) is 0 Å². The van der Waals surface area contributed by atoms with Crippen LogP contribution in [0, 0.1) is 6.92 Å². The van der Waals surface area contributed by atoms with Gasteiger partial charge in [0.25, 0.3) is 0 Å². The Morgan fingerprint density at radius 3 is 2.36 bits per heavy atom. The lowest BCUT2D eigenvalue weighted by molar-refractivity contribution is -0.113. The molecule has 2 heterocycles. The van der Waals surface area contributed by atoms with E-state index in [2.05, 4.69) is 46.4 Å². The molecule has 0 saturated carbocycles. The molecule has 0 radical (unpaired) electrons. The van der Waals surface area contributed by atoms with Gasteiger partial charge in [0.15, 0.2) is 4.34 Å². The number of amides is 1. The smallest absolute Gasteiger partial charge is 0.234 e. The highest BCUT2D eigenvalue weighted by Gasteiger charge is 2.23. The van der Waals surface area contributed by atoms with E-state index in [4.69, 9.17) is 0 Å². The molecule has 1 amide bonds. The summed E-state index contributed by atoms with van der Waals surface area (Å²) in [5.41, 5.74) is 4.96. The number of thioether (sulfide) groups is 1. The van der Waals surface area contributed by atoms with Gasteiger partial charge in [-0.25, -0.2) is 13.4 Å². The maximum Gasteiger partial charge on any atom is 0.234 e. The maximum absolute atomic E-state index is 12.4. The fraction of sp³-hybridized carbons (Fsp3) is 0.304. The minimum absolute atomic E-state index is 0.0818. The molecule has 1 aromatic heterocycles. The summed E-state index contributed by atoms with van der Waals surface area (Å²) in [6.07, 6.45) is 1.25. The van der Waals surface area contributed by atoms with Gasteiger partial charge in [0.1, 0.15) is 0 Å². The highest BCUT2D eigenvalue weighted by Crippen LogP contribution is 2.28. The molecule has 1 aliphatic heterocycles. The Kier molecular flexibility index (Phi) is 7.38. The van der Waals surface area contributed by atoms with Gasteiger partial charge in [-0.05, 0) is 31.2 Å². The van der Waals surface area contributed by atoms with Gasteiger partial charge in [-0.1, -0.05) is 41.6 Å². The second-order valence-corrected chi connectivity index (χ2v) is 12.0. The molecule has 2 aromatic carbocycles. The lowest BCUT2D eigenvalue weighted by Crippen LogP contribution is -2.48. The van der Waals surface area contributed by atoms with E-state index in [-0.39, 0.29) is 11.7 Å². The average molecular weight is 503 g/mol. The first-order valence-electron chi connectivity index (χ1n) is 10.5. The van der Waals surface area contributed by atoms with E-state index >= 15 is 0 Å². The topological polar surface area (TPSA) is 82.6 Å². The number of benzene rings is 2.